The molecule has 1 nitrogen and oxygen atoms in total. The average molecular weight is 256 g/mol. The molecule has 2 aliphatic rings. The molecule has 1 aliphatic heterocycles. The van der Waals surface area contributed by atoms with E-state index in [9.17, 15) is 4.39 Å². The second kappa shape index (κ2) is 7.47. The minimum absolute atomic E-state index is 0.442. The summed E-state index contributed by atoms with van der Waals surface area (Å²) in [5, 5.41) is 0. The van der Waals surface area contributed by atoms with E-state index in [4.69, 9.17) is 4.74 Å². The maximum Gasteiger partial charge on any atom is 0.100 e. The molecule has 4 unspecified atom stereocenters. The van der Waals surface area contributed by atoms with E-state index in [1.165, 1.54) is 38.5 Å². The van der Waals surface area contributed by atoms with Gasteiger partial charge in [0, 0.05) is 6.61 Å². The Kier molecular flexibility index (Phi) is 5.94. The summed E-state index contributed by atoms with van der Waals surface area (Å²) < 4.78 is 19.4. The van der Waals surface area contributed by atoms with Crippen LogP contribution in [0.25, 0.3) is 0 Å². The maximum absolute atomic E-state index is 13.4. The lowest BCUT2D eigenvalue weighted by Gasteiger charge is -2.42. The fourth-order valence-electron chi connectivity index (χ4n) is 3.79. The van der Waals surface area contributed by atoms with Gasteiger partial charge in [0.15, 0.2) is 0 Å². The van der Waals surface area contributed by atoms with Crippen molar-refractivity contribution in [3.8, 4) is 0 Å². The molecular weight excluding hydrogens is 227 g/mol. The van der Waals surface area contributed by atoms with Crippen LogP contribution < -0.4 is 0 Å². The first-order valence-corrected chi connectivity index (χ1v) is 8.07. The van der Waals surface area contributed by atoms with E-state index in [0.29, 0.717) is 17.9 Å². The first-order chi connectivity index (χ1) is 8.81. The van der Waals surface area contributed by atoms with Crippen molar-refractivity contribution >= 4 is 0 Å². The Balaban J connectivity index is 1.71. The second-order valence-electron chi connectivity index (χ2n) is 6.24. The van der Waals surface area contributed by atoms with E-state index < -0.39 is 6.17 Å². The zero-order chi connectivity index (χ0) is 12.8. The van der Waals surface area contributed by atoms with Gasteiger partial charge >= 0.3 is 0 Å². The Morgan fingerprint density at radius 1 is 1.06 bits per heavy atom. The lowest BCUT2D eigenvalue weighted by molar-refractivity contribution is -0.0846. The third-order valence-corrected chi connectivity index (χ3v) is 4.87. The average Bonchev–Trinajstić information content (AvgIpc) is 2.38. The molecule has 0 radical (unpaired) electrons. The summed E-state index contributed by atoms with van der Waals surface area (Å²) in [5.74, 6) is 1.28. The molecule has 2 fully saturated rings. The maximum atomic E-state index is 13.4. The van der Waals surface area contributed by atoms with Gasteiger partial charge in [-0.05, 0) is 43.9 Å². The summed E-state index contributed by atoms with van der Waals surface area (Å²) in [6.45, 7) is 3.12. The van der Waals surface area contributed by atoms with Crippen molar-refractivity contribution in [3.05, 3.63) is 0 Å². The van der Waals surface area contributed by atoms with Crippen molar-refractivity contribution in [1.82, 2.24) is 0 Å². The molecule has 0 aromatic rings. The first kappa shape index (κ1) is 14.3. The molecule has 2 rings (SSSR count). The van der Waals surface area contributed by atoms with Gasteiger partial charge < -0.3 is 4.74 Å². The van der Waals surface area contributed by atoms with Gasteiger partial charge in [-0.1, -0.05) is 39.0 Å². The molecule has 1 aliphatic carbocycles. The molecule has 0 aromatic heterocycles. The third kappa shape index (κ3) is 3.94. The summed E-state index contributed by atoms with van der Waals surface area (Å²) in [6, 6.07) is 0. The zero-order valence-corrected chi connectivity index (χ0v) is 11.9. The molecule has 0 bridgehead atoms. The number of alkyl halides is 1. The highest BCUT2D eigenvalue weighted by molar-refractivity contribution is 4.87. The van der Waals surface area contributed by atoms with Crippen molar-refractivity contribution < 1.29 is 9.13 Å². The number of hydrogen-bond donors (Lipinski definition) is 0. The van der Waals surface area contributed by atoms with E-state index in [2.05, 4.69) is 6.92 Å². The molecule has 1 saturated heterocycles. The van der Waals surface area contributed by atoms with Gasteiger partial charge in [0.2, 0.25) is 0 Å². The molecular formula is C16H29FO. The Bertz CT molecular complexity index is 231. The fourth-order valence-corrected chi connectivity index (χ4v) is 3.79. The molecule has 1 heterocycles. The topological polar surface area (TPSA) is 9.23 Å². The predicted molar refractivity (Wildman–Crippen MR) is 73.5 cm³/mol. The quantitative estimate of drug-likeness (QED) is 0.615. The molecule has 18 heavy (non-hydrogen) atoms. The molecule has 106 valence electrons. The van der Waals surface area contributed by atoms with Crippen LogP contribution in [0.4, 0.5) is 4.39 Å². The van der Waals surface area contributed by atoms with Crippen LogP contribution in [0.15, 0.2) is 0 Å². The summed E-state index contributed by atoms with van der Waals surface area (Å²) in [5.41, 5.74) is 0. The van der Waals surface area contributed by atoms with Gasteiger partial charge in [0.25, 0.3) is 0 Å². The fraction of sp³-hybridized carbons (Fsp3) is 1.00. The van der Waals surface area contributed by atoms with Gasteiger partial charge in [-0.2, -0.15) is 0 Å². The van der Waals surface area contributed by atoms with Crippen LogP contribution in [-0.4, -0.2) is 18.9 Å². The van der Waals surface area contributed by atoms with Crippen molar-refractivity contribution in [2.24, 2.45) is 11.8 Å². The lowest BCUT2D eigenvalue weighted by atomic mass is 9.72. The van der Waals surface area contributed by atoms with Crippen LogP contribution >= 0.6 is 0 Å². The van der Waals surface area contributed by atoms with E-state index in [-0.39, 0.29) is 0 Å². The Labute approximate surface area is 111 Å². The Hall–Kier alpha value is -0.110. The number of unbranched alkanes of at least 4 members (excludes halogenated alkanes) is 4. The van der Waals surface area contributed by atoms with Crippen molar-refractivity contribution in [1.29, 1.82) is 0 Å². The van der Waals surface area contributed by atoms with Gasteiger partial charge in [-0.15, -0.1) is 0 Å². The molecule has 0 amide bonds. The number of ether oxygens (including phenoxy) is 1. The normalized spacial score (nSPS) is 36.3. The minimum atomic E-state index is -0.533. The van der Waals surface area contributed by atoms with Crippen LogP contribution in [0.3, 0.4) is 0 Å². The second-order valence-corrected chi connectivity index (χ2v) is 6.24. The van der Waals surface area contributed by atoms with Gasteiger partial charge in [-0.3, -0.25) is 0 Å². The van der Waals surface area contributed by atoms with E-state index in [1.807, 2.05) is 0 Å². The standard InChI is InChI=1S/C16H29FO/c1-2-3-4-5-6-7-16-15-9-8-14(17)12-13(15)10-11-18-16/h13-16H,2-12H2,1H3. The van der Waals surface area contributed by atoms with Gasteiger partial charge in [-0.25, -0.2) is 4.39 Å². The van der Waals surface area contributed by atoms with Crippen molar-refractivity contribution in [3.63, 3.8) is 0 Å². The third-order valence-electron chi connectivity index (χ3n) is 4.87. The molecule has 0 spiro atoms. The predicted octanol–water partition coefficient (Wildman–Crippen LogP) is 4.89. The Morgan fingerprint density at radius 3 is 2.72 bits per heavy atom. The van der Waals surface area contributed by atoms with Crippen LogP contribution in [0, 0.1) is 11.8 Å². The largest absolute Gasteiger partial charge is 0.378 e. The number of halogens is 1. The Morgan fingerprint density at radius 2 is 1.89 bits per heavy atom. The number of rotatable bonds is 6. The van der Waals surface area contributed by atoms with Crippen LogP contribution in [0.5, 0.6) is 0 Å². The molecule has 2 heteroatoms. The number of fused-ring (bicyclic) bond motifs is 1. The van der Waals surface area contributed by atoms with Crippen molar-refractivity contribution in [2.45, 2.75) is 83.4 Å². The van der Waals surface area contributed by atoms with Crippen LogP contribution in [-0.2, 0) is 4.74 Å². The number of hydrogen-bond acceptors (Lipinski definition) is 1. The summed E-state index contributed by atoms with van der Waals surface area (Å²) in [6.07, 6.45) is 11.5. The highest BCUT2D eigenvalue weighted by Crippen LogP contribution is 2.41. The summed E-state index contributed by atoms with van der Waals surface area (Å²) in [7, 11) is 0. The summed E-state index contributed by atoms with van der Waals surface area (Å²) >= 11 is 0. The molecule has 4 atom stereocenters. The molecule has 1 saturated carbocycles. The monoisotopic (exact) mass is 256 g/mol. The lowest BCUT2D eigenvalue weighted by Crippen LogP contribution is -2.40. The SMILES string of the molecule is CCCCCCCC1OCCC2CC(F)CCC21. The summed E-state index contributed by atoms with van der Waals surface area (Å²) in [4.78, 5) is 0. The van der Waals surface area contributed by atoms with E-state index >= 15 is 0 Å². The first-order valence-electron chi connectivity index (χ1n) is 8.07. The van der Waals surface area contributed by atoms with Crippen molar-refractivity contribution in [2.75, 3.05) is 6.61 Å². The smallest absolute Gasteiger partial charge is 0.100 e. The van der Waals surface area contributed by atoms with E-state index in [0.717, 1.165) is 32.3 Å². The zero-order valence-electron chi connectivity index (χ0n) is 11.9. The van der Waals surface area contributed by atoms with Crippen LogP contribution in [0.1, 0.15) is 71.1 Å². The van der Waals surface area contributed by atoms with Gasteiger partial charge in [0.05, 0.1) is 6.10 Å². The molecule has 0 N–H and O–H groups in total. The highest BCUT2D eigenvalue weighted by atomic mass is 19.1. The van der Waals surface area contributed by atoms with Crippen LogP contribution in [0.2, 0.25) is 0 Å². The highest BCUT2D eigenvalue weighted by Gasteiger charge is 2.38. The van der Waals surface area contributed by atoms with E-state index in [1.54, 1.807) is 0 Å². The minimum Gasteiger partial charge on any atom is -0.378 e. The molecule has 0 aromatic carbocycles. The van der Waals surface area contributed by atoms with Gasteiger partial charge in [0.1, 0.15) is 6.17 Å².